The zero-order valence-corrected chi connectivity index (χ0v) is 13.3. The Hall–Kier alpha value is -0.0300. The third-order valence-electron chi connectivity index (χ3n) is 3.47. The van der Waals surface area contributed by atoms with E-state index in [0.717, 1.165) is 13.0 Å². The number of piperidine rings is 1. The maximum atomic E-state index is 11.5. The molecule has 1 saturated heterocycles. The van der Waals surface area contributed by atoms with Crippen molar-refractivity contribution >= 4 is 30.7 Å². The molecular weight excluding hydrogens is 273 g/mol. The molecule has 1 rings (SSSR count). The standard InChI is InChI=1S/C12H25N3O.2ClH/c1-13-10-12(16)15(3)9-7-11-6-4-5-8-14(11)2;;/h11,13H,4-10H2,1-3H3;2*1H. The van der Waals surface area contributed by atoms with Gasteiger partial charge in [-0.2, -0.15) is 0 Å². The normalized spacial score (nSPS) is 19.6. The molecule has 18 heavy (non-hydrogen) atoms. The average molecular weight is 300 g/mol. The molecule has 0 saturated carbocycles. The quantitative estimate of drug-likeness (QED) is 0.833. The lowest BCUT2D eigenvalue weighted by atomic mass is 10.00. The van der Waals surface area contributed by atoms with Gasteiger partial charge in [0, 0.05) is 19.6 Å². The summed E-state index contributed by atoms with van der Waals surface area (Å²) < 4.78 is 0. The van der Waals surface area contributed by atoms with E-state index >= 15 is 0 Å². The van der Waals surface area contributed by atoms with Crippen LogP contribution in [0.1, 0.15) is 25.7 Å². The first-order valence-electron chi connectivity index (χ1n) is 6.24. The summed E-state index contributed by atoms with van der Waals surface area (Å²) in [7, 11) is 5.89. The molecule has 1 amide bonds. The molecule has 0 aromatic heterocycles. The SMILES string of the molecule is CNCC(=O)N(C)CCC1CCCCN1C.Cl.Cl. The second-order valence-corrected chi connectivity index (χ2v) is 4.76. The summed E-state index contributed by atoms with van der Waals surface area (Å²) in [5, 5.41) is 2.89. The minimum Gasteiger partial charge on any atom is -0.345 e. The smallest absolute Gasteiger partial charge is 0.236 e. The van der Waals surface area contributed by atoms with Crippen LogP contribution < -0.4 is 5.32 Å². The van der Waals surface area contributed by atoms with Gasteiger partial charge in [-0.25, -0.2) is 0 Å². The maximum Gasteiger partial charge on any atom is 0.236 e. The summed E-state index contributed by atoms with van der Waals surface area (Å²) >= 11 is 0. The van der Waals surface area contributed by atoms with Gasteiger partial charge < -0.3 is 15.1 Å². The van der Waals surface area contributed by atoms with Gasteiger partial charge in [0.05, 0.1) is 6.54 Å². The molecule has 0 aliphatic carbocycles. The number of hydrogen-bond acceptors (Lipinski definition) is 3. The summed E-state index contributed by atoms with van der Waals surface area (Å²) in [6, 6.07) is 0.665. The predicted molar refractivity (Wildman–Crippen MR) is 80.9 cm³/mol. The lowest BCUT2D eigenvalue weighted by Crippen LogP contribution is -2.41. The lowest BCUT2D eigenvalue weighted by molar-refractivity contribution is -0.129. The highest BCUT2D eigenvalue weighted by molar-refractivity contribution is 5.85. The topological polar surface area (TPSA) is 35.6 Å². The summed E-state index contributed by atoms with van der Waals surface area (Å²) in [6.07, 6.45) is 5.04. The Kier molecular flexibility index (Phi) is 12.2. The van der Waals surface area contributed by atoms with E-state index in [0.29, 0.717) is 12.6 Å². The Morgan fingerprint density at radius 2 is 2.06 bits per heavy atom. The number of carbonyl (C=O) groups is 1. The van der Waals surface area contributed by atoms with Crippen molar-refractivity contribution in [3.63, 3.8) is 0 Å². The number of rotatable bonds is 5. The van der Waals surface area contributed by atoms with Gasteiger partial charge in [-0.1, -0.05) is 6.42 Å². The Bertz CT molecular complexity index is 229. The van der Waals surface area contributed by atoms with Crippen molar-refractivity contribution in [1.82, 2.24) is 15.1 Å². The number of carbonyl (C=O) groups excluding carboxylic acids is 1. The molecule has 1 aliphatic heterocycles. The van der Waals surface area contributed by atoms with Gasteiger partial charge in [-0.15, -0.1) is 24.8 Å². The van der Waals surface area contributed by atoms with E-state index in [1.54, 1.807) is 7.05 Å². The van der Waals surface area contributed by atoms with Crippen molar-refractivity contribution in [2.75, 3.05) is 40.8 Å². The van der Waals surface area contributed by atoms with Gasteiger partial charge in [0.25, 0.3) is 0 Å². The minimum atomic E-state index is 0. The molecule has 1 unspecified atom stereocenters. The number of nitrogens with zero attached hydrogens (tertiary/aromatic N) is 2. The molecule has 1 fully saturated rings. The number of nitrogens with one attached hydrogen (secondary N) is 1. The van der Waals surface area contributed by atoms with Crippen LogP contribution in [0, 0.1) is 0 Å². The number of halogens is 2. The molecular formula is C12H27Cl2N3O. The molecule has 0 bridgehead atoms. The van der Waals surface area contributed by atoms with Gasteiger partial charge in [-0.3, -0.25) is 4.79 Å². The van der Waals surface area contributed by atoms with Crippen LogP contribution in [0.2, 0.25) is 0 Å². The average Bonchev–Trinajstić information content (AvgIpc) is 2.28. The number of likely N-dealkylation sites (N-methyl/N-ethyl adjacent to an activating group) is 2. The van der Waals surface area contributed by atoms with Crippen molar-refractivity contribution in [3.05, 3.63) is 0 Å². The minimum absolute atomic E-state index is 0. The van der Waals surface area contributed by atoms with E-state index in [4.69, 9.17) is 0 Å². The Morgan fingerprint density at radius 1 is 1.39 bits per heavy atom. The van der Waals surface area contributed by atoms with Crippen LogP contribution in [0.5, 0.6) is 0 Å². The fourth-order valence-electron chi connectivity index (χ4n) is 2.26. The zero-order valence-electron chi connectivity index (χ0n) is 11.6. The lowest BCUT2D eigenvalue weighted by Gasteiger charge is -2.33. The molecule has 0 spiro atoms. The summed E-state index contributed by atoms with van der Waals surface area (Å²) in [6.45, 7) is 2.52. The van der Waals surface area contributed by atoms with Crippen LogP contribution in [0.4, 0.5) is 0 Å². The zero-order chi connectivity index (χ0) is 12.0. The van der Waals surface area contributed by atoms with Crippen LogP contribution >= 0.6 is 24.8 Å². The second-order valence-electron chi connectivity index (χ2n) is 4.76. The van der Waals surface area contributed by atoms with E-state index in [9.17, 15) is 4.79 Å². The van der Waals surface area contributed by atoms with Crippen LogP contribution in [-0.2, 0) is 4.79 Å². The van der Waals surface area contributed by atoms with Crippen molar-refractivity contribution in [2.45, 2.75) is 31.7 Å². The molecule has 0 aromatic carbocycles. The Labute approximate surface area is 123 Å². The van der Waals surface area contributed by atoms with Gasteiger partial charge >= 0.3 is 0 Å². The van der Waals surface area contributed by atoms with Crippen LogP contribution in [0.25, 0.3) is 0 Å². The molecule has 110 valence electrons. The molecule has 4 nitrogen and oxygen atoms in total. The summed E-state index contributed by atoms with van der Waals surface area (Å²) in [4.78, 5) is 15.8. The fraction of sp³-hybridized carbons (Fsp3) is 0.917. The van der Waals surface area contributed by atoms with E-state index in [1.807, 2.05) is 11.9 Å². The van der Waals surface area contributed by atoms with Crippen molar-refractivity contribution < 1.29 is 4.79 Å². The maximum absolute atomic E-state index is 11.5. The highest BCUT2D eigenvalue weighted by atomic mass is 35.5. The summed E-state index contributed by atoms with van der Waals surface area (Å²) in [5.74, 6) is 0.181. The monoisotopic (exact) mass is 299 g/mol. The van der Waals surface area contributed by atoms with Crippen molar-refractivity contribution in [1.29, 1.82) is 0 Å². The summed E-state index contributed by atoms with van der Waals surface area (Å²) in [5.41, 5.74) is 0. The van der Waals surface area contributed by atoms with Gasteiger partial charge in [0.2, 0.25) is 5.91 Å². The molecule has 1 aliphatic rings. The number of hydrogen-bond donors (Lipinski definition) is 1. The molecule has 6 heteroatoms. The molecule has 0 radical (unpaired) electrons. The predicted octanol–water partition coefficient (Wildman–Crippen LogP) is 1.38. The van der Waals surface area contributed by atoms with E-state index in [-0.39, 0.29) is 30.7 Å². The van der Waals surface area contributed by atoms with Crippen LogP contribution in [-0.4, -0.2) is 62.5 Å². The number of likely N-dealkylation sites (tertiary alicyclic amines) is 1. The first-order chi connectivity index (χ1) is 7.65. The van der Waals surface area contributed by atoms with Crippen LogP contribution in [0.15, 0.2) is 0 Å². The third-order valence-corrected chi connectivity index (χ3v) is 3.47. The highest BCUT2D eigenvalue weighted by Crippen LogP contribution is 2.17. The van der Waals surface area contributed by atoms with E-state index in [1.165, 1.54) is 25.8 Å². The van der Waals surface area contributed by atoms with Crippen LogP contribution in [0.3, 0.4) is 0 Å². The second kappa shape index (κ2) is 10.9. The third kappa shape index (κ3) is 6.78. The first-order valence-corrected chi connectivity index (χ1v) is 6.24. The van der Waals surface area contributed by atoms with Gasteiger partial charge in [-0.05, 0) is 39.9 Å². The van der Waals surface area contributed by atoms with E-state index in [2.05, 4.69) is 17.3 Å². The fourth-order valence-corrected chi connectivity index (χ4v) is 2.26. The van der Waals surface area contributed by atoms with Crippen molar-refractivity contribution in [3.8, 4) is 0 Å². The van der Waals surface area contributed by atoms with Gasteiger partial charge in [0.1, 0.15) is 0 Å². The number of amides is 1. The highest BCUT2D eigenvalue weighted by Gasteiger charge is 2.19. The molecule has 1 N–H and O–H groups in total. The molecule has 1 atom stereocenters. The van der Waals surface area contributed by atoms with Crippen molar-refractivity contribution in [2.24, 2.45) is 0 Å². The van der Waals surface area contributed by atoms with Gasteiger partial charge in [0.15, 0.2) is 0 Å². The Morgan fingerprint density at radius 3 is 2.61 bits per heavy atom. The first kappa shape index (κ1) is 20.3. The largest absolute Gasteiger partial charge is 0.345 e. The molecule has 1 heterocycles. The Balaban J connectivity index is 0. The van der Waals surface area contributed by atoms with E-state index < -0.39 is 0 Å². The molecule has 0 aromatic rings.